The number of amides is 1. The van der Waals surface area contributed by atoms with Crippen LogP contribution in [-0.4, -0.2) is 22.6 Å². The van der Waals surface area contributed by atoms with E-state index in [1.807, 2.05) is 26.0 Å². The lowest BCUT2D eigenvalue weighted by molar-refractivity contribution is 0.0937. The lowest BCUT2D eigenvalue weighted by Crippen LogP contribution is -2.31. The van der Waals surface area contributed by atoms with Gasteiger partial charge in [0.25, 0.3) is 11.5 Å². The Hall–Kier alpha value is -3.15. The van der Waals surface area contributed by atoms with Crippen molar-refractivity contribution in [3.05, 3.63) is 69.8 Å². The Bertz CT molecular complexity index is 1150. The van der Waals surface area contributed by atoms with Crippen molar-refractivity contribution >= 4 is 16.7 Å². The van der Waals surface area contributed by atoms with Crippen molar-refractivity contribution < 1.29 is 9.53 Å². The van der Waals surface area contributed by atoms with E-state index in [1.165, 1.54) is 18.2 Å². The van der Waals surface area contributed by atoms with Crippen LogP contribution >= 0.6 is 0 Å². The van der Waals surface area contributed by atoms with Crippen LogP contribution in [0.5, 0.6) is 5.88 Å². The Morgan fingerprint density at radius 1 is 1.27 bits per heavy atom. The van der Waals surface area contributed by atoms with Gasteiger partial charge in [-0.15, -0.1) is 0 Å². The molecule has 6 heteroatoms. The molecule has 0 spiro atoms. The molecule has 30 heavy (non-hydrogen) atoms. The van der Waals surface area contributed by atoms with Crippen LogP contribution in [0.2, 0.25) is 0 Å². The van der Waals surface area contributed by atoms with E-state index >= 15 is 0 Å². The second-order valence-electron chi connectivity index (χ2n) is 7.76. The van der Waals surface area contributed by atoms with Crippen LogP contribution in [0.15, 0.2) is 47.5 Å². The van der Waals surface area contributed by atoms with Gasteiger partial charge in [0.1, 0.15) is 0 Å². The molecule has 0 saturated heterocycles. The number of aryl methyl sites for hydroxylation is 1. The summed E-state index contributed by atoms with van der Waals surface area (Å²) in [7, 11) is 1.52. The summed E-state index contributed by atoms with van der Waals surface area (Å²) in [6, 6.07) is 9.84. The van der Waals surface area contributed by atoms with Crippen molar-refractivity contribution in [2.75, 3.05) is 7.11 Å². The topological polar surface area (TPSA) is 73.2 Å². The molecule has 4 rings (SSSR count). The number of nitrogens with one attached hydrogen (secondary N) is 1. The summed E-state index contributed by atoms with van der Waals surface area (Å²) in [5.41, 5.74) is 2.79. The average molecular weight is 405 g/mol. The van der Waals surface area contributed by atoms with E-state index in [-0.39, 0.29) is 23.6 Å². The maximum atomic E-state index is 13.4. The van der Waals surface area contributed by atoms with Crippen LogP contribution in [0.25, 0.3) is 10.8 Å². The number of methoxy groups -OCH3 is 1. The Morgan fingerprint density at radius 2 is 2.03 bits per heavy atom. The van der Waals surface area contributed by atoms with E-state index in [1.54, 1.807) is 23.0 Å². The molecule has 1 N–H and O–H groups in total. The van der Waals surface area contributed by atoms with Crippen molar-refractivity contribution in [3.63, 3.8) is 0 Å². The molecule has 0 bridgehead atoms. The largest absolute Gasteiger partial charge is 0.481 e. The van der Waals surface area contributed by atoms with Gasteiger partial charge in [-0.1, -0.05) is 38.1 Å². The average Bonchev–Trinajstić information content (AvgIpc) is 3.18. The van der Waals surface area contributed by atoms with Crippen LogP contribution in [0.1, 0.15) is 66.7 Å². The van der Waals surface area contributed by atoms with E-state index < -0.39 is 0 Å². The normalized spacial score (nSPS) is 15.4. The zero-order chi connectivity index (χ0) is 21.3. The van der Waals surface area contributed by atoms with Gasteiger partial charge in [-0.3, -0.25) is 9.59 Å². The number of rotatable bonds is 6. The van der Waals surface area contributed by atoms with Gasteiger partial charge in [-0.25, -0.2) is 4.98 Å². The molecule has 0 unspecified atom stereocenters. The molecule has 1 atom stereocenters. The van der Waals surface area contributed by atoms with Crippen LogP contribution < -0.4 is 15.6 Å². The fraction of sp³-hybridized carbons (Fsp3) is 0.375. The predicted octanol–water partition coefficient (Wildman–Crippen LogP) is 4.18. The lowest BCUT2D eigenvalue weighted by atomic mass is 10.0. The summed E-state index contributed by atoms with van der Waals surface area (Å²) in [4.78, 5) is 30.8. The Kier molecular flexibility index (Phi) is 5.57. The molecule has 2 aromatic heterocycles. The second kappa shape index (κ2) is 8.30. The summed E-state index contributed by atoms with van der Waals surface area (Å²) in [5, 5.41) is 4.18. The summed E-state index contributed by atoms with van der Waals surface area (Å²) in [5.74, 6) is 0.173. The van der Waals surface area contributed by atoms with Crippen molar-refractivity contribution in [2.45, 2.75) is 51.6 Å². The number of carbonyl (C=O) groups excluding carboxylic acids is 1. The fourth-order valence-corrected chi connectivity index (χ4v) is 4.42. The minimum atomic E-state index is -0.187. The second-order valence-corrected chi connectivity index (χ2v) is 7.76. The molecule has 1 amide bonds. The fourth-order valence-electron chi connectivity index (χ4n) is 4.42. The van der Waals surface area contributed by atoms with Crippen molar-refractivity contribution in [1.82, 2.24) is 14.9 Å². The molecule has 1 aliphatic carbocycles. The number of ether oxygens (including phenoxy) is 1. The molecule has 2 heterocycles. The van der Waals surface area contributed by atoms with Crippen molar-refractivity contribution in [1.29, 1.82) is 0 Å². The number of nitrogens with zero attached hydrogens (tertiary/aromatic N) is 2. The molecule has 0 radical (unpaired) electrons. The highest BCUT2D eigenvalue weighted by Crippen LogP contribution is 2.31. The summed E-state index contributed by atoms with van der Waals surface area (Å²) >= 11 is 0. The van der Waals surface area contributed by atoms with Gasteiger partial charge in [-0.05, 0) is 36.8 Å². The quantitative estimate of drug-likeness (QED) is 0.668. The highest BCUT2D eigenvalue weighted by Gasteiger charge is 2.26. The molecule has 3 aromatic rings. The molecule has 0 saturated carbocycles. The SMILES string of the molecule is CCC(CC)n1cc(C(=O)N[C@H]2CCc3ccccc32)c2cnc(OC)cc2c1=O. The van der Waals surface area contributed by atoms with Gasteiger partial charge in [0, 0.05) is 29.9 Å². The molecule has 1 aliphatic rings. The third-order valence-electron chi connectivity index (χ3n) is 6.13. The highest BCUT2D eigenvalue weighted by molar-refractivity contribution is 6.06. The van der Waals surface area contributed by atoms with Crippen LogP contribution in [-0.2, 0) is 6.42 Å². The van der Waals surface area contributed by atoms with E-state index in [2.05, 4.69) is 22.4 Å². The smallest absolute Gasteiger partial charge is 0.258 e. The number of pyridine rings is 2. The van der Waals surface area contributed by atoms with Crippen LogP contribution in [0.3, 0.4) is 0 Å². The van der Waals surface area contributed by atoms with Crippen molar-refractivity contribution in [3.8, 4) is 5.88 Å². The molecular formula is C24H27N3O3. The first-order chi connectivity index (χ1) is 14.6. The minimum Gasteiger partial charge on any atom is -0.481 e. The number of fused-ring (bicyclic) bond motifs is 2. The number of benzene rings is 1. The highest BCUT2D eigenvalue weighted by atomic mass is 16.5. The summed E-state index contributed by atoms with van der Waals surface area (Å²) < 4.78 is 6.91. The number of hydrogen-bond donors (Lipinski definition) is 1. The van der Waals surface area contributed by atoms with Gasteiger partial charge >= 0.3 is 0 Å². The first-order valence-corrected chi connectivity index (χ1v) is 10.5. The van der Waals surface area contributed by atoms with Crippen LogP contribution in [0.4, 0.5) is 0 Å². The zero-order valence-corrected chi connectivity index (χ0v) is 17.6. The van der Waals surface area contributed by atoms with E-state index in [0.717, 1.165) is 25.7 Å². The molecule has 156 valence electrons. The van der Waals surface area contributed by atoms with E-state index in [9.17, 15) is 9.59 Å². The predicted molar refractivity (Wildman–Crippen MR) is 117 cm³/mol. The lowest BCUT2D eigenvalue weighted by Gasteiger charge is -2.20. The standard InChI is InChI=1S/C24H27N3O3/c1-4-16(5-2)27-14-20(19-13-25-22(30-3)12-18(19)24(27)29)23(28)26-21-11-10-15-8-6-7-9-17(15)21/h6-9,12-14,16,21H,4-5,10-11H2,1-3H3,(H,26,28)/t21-/m0/s1. The van der Waals surface area contributed by atoms with Crippen LogP contribution in [0, 0.1) is 0 Å². The number of carbonyl (C=O) groups is 1. The van der Waals surface area contributed by atoms with Gasteiger partial charge in [0.2, 0.25) is 5.88 Å². The van der Waals surface area contributed by atoms with Gasteiger partial charge in [0.05, 0.1) is 24.1 Å². The summed E-state index contributed by atoms with van der Waals surface area (Å²) in [6.45, 7) is 4.10. The van der Waals surface area contributed by atoms with Crippen molar-refractivity contribution in [2.24, 2.45) is 0 Å². The minimum absolute atomic E-state index is 0.0246. The molecule has 0 fully saturated rings. The third kappa shape index (κ3) is 3.47. The third-order valence-corrected chi connectivity index (χ3v) is 6.13. The van der Waals surface area contributed by atoms with Gasteiger partial charge in [-0.2, -0.15) is 0 Å². The first-order valence-electron chi connectivity index (χ1n) is 10.5. The molecule has 6 nitrogen and oxygen atoms in total. The van der Waals surface area contributed by atoms with Gasteiger partial charge in [0.15, 0.2) is 0 Å². The maximum Gasteiger partial charge on any atom is 0.258 e. The van der Waals surface area contributed by atoms with Gasteiger partial charge < -0.3 is 14.6 Å². The zero-order valence-electron chi connectivity index (χ0n) is 17.6. The Morgan fingerprint density at radius 3 is 2.77 bits per heavy atom. The Labute approximate surface area is 175 Å². The molecule has 1 aromatic carbocycles. The number of aromatic nitrogens is 2. The number of hydrogen-bond acceptors (Lipinski definition) is 4. The molecular weight excluding hydrogens is 378 g/mol. The Balaban J connectivity index is 1.80. The monoisotopic (exact) mass is 405 g/mol. The first kappa shape index (κ1) is 20.1. The molecule has 0 aliphatic heterocycles. The summed E-state index contributed by atoms with van der Waals surface area (Å²) in [6.07, 6.45) is 6.70. The van der Waals surface area contributed by atoms with E-state index in [4.69, 9.17) is 4.74 Å². The van der Waals surface area contributed by atoms with E-state index in [0.29, 0.717) is 22.2 Å². The maximum absolute atomic E-state index is 13.4.